The van der Waals surface area contributed by atoms with Gasteiger partial charge in [0.25, 0.3) is 0 Å². The lowest BCUT2D eigenvalue weighted by molar-refractivity contribution is -0.133. The van der Waals surface area contributed by atoms with Crippen molar-refractivity contribution in [3.63, 3.8) is 0 Å². The Kier molecular flexibility index (Phi) is 0.839. The van der Waals surface area contributed by atoms with Crippen LogP contribution in [0.5, 0.6) is 0 Å². The summed E-state index contributed by atoms with van der Waals surface area (Å²) >= 11 is 0. The zero-order chi connectivity index (χ0) is 8.72. The molecular weight excluding hydrogens is 144 g/mol. The van der Waals surface area contributed by atoms with Gasteiger partial charge in [0.2, 0.25) is 0 Å². The van der Waals surface area contributed by atoms with Gasteiger partial charge in [0.15, 0.2) is 0 Å². The van der Waals surface area contributed by atoms with Crippen LogP contribution in [0.1, 0.15) is 27.7 Å². The van der Waals surface area contributed by atoms with Crippen LogP contribution in [0.4, 0.5) is 0 Å². The molecule has 0 amide bonds. The van der Waals surface area contributed by atoms with Gasteiger partial charge in [0, 0.05) is 10.8 Å². The largest absolute Gasteiger partial charge is 0.0778 e. The maximum Gasteiger partial charge on any atom is 0.00218 e. The minimum atomic E-state index is 0.529. The van der Waals surface area contributed by atoms with E-state index in [2.05, 4.69) is 39.8 Å². The fraction of sp³-hybridized carbons (Fsp3) is 0.667. The Bertz CT molecular complexity index is 300. The molecule has 4 atom stereocenters. The van der Waals surface area contributed by atoms with Crippen LogP contribution in [0.3, 0.4) is 0 Å². The number of rotatable bonds is 0. The molecule has 3 aliphatic rings. The normalized spacial score (nSPS) is 59.7. The fourth-order valence-electron chi connectivity index (χ4n) is 4.16. The van der Waals surface area contributed by atoms with Crippen LogP contribution in [-0.2, 0) is 0 Å². The highest BCUT2D eigenvalue weighted by Crippen LogP contribution is 2.79. The molecule has 0 heterocycles. The summed E-state index contributed by atoms with van der Waals surface area (Å²) < 4.78 is 0. The van der Waals surface area contributed by atoms with Crippen molar-refractivity contribution in [1.82, 2.24) is 0 Å². The first-order valence-corrected chi connectivity index (χ1v) is 4.89. The molecule has 0 aromatic carbocycles. The van der Waals surface area contributed by atoms with Gasteiger partial charge in [-0.1, -0.05) is 37.1 Å². The van der Waals surface area contributed by atoms with Crippen LogP contribution in [0.2, 0.25) is 0 Å². The molecule has 0 aromatic rings. The van der Waals surface area contributed by atoms with E-state index in [1.165, 1.54) is 0 Å². The molecule has 3 rings (SSSR count). The molecule has 0 heteroatoms. The monoisotopic (exact) mass is 160 g/mol. The van der Waals surface area contributed by atoms with Crippen LogP contribution >= 0.6 is 0 Å². The molecule has 0 N–H and O–H groups in total. The Balaban J connectivity index is 2.10. The summed E-state index contributed by atoms with van der Waals surface area (Å²) in [6.07, 6.45) is 4.97. The van der Waals surface area contributed by atoms with Gasteiger partial charge in [-0.05, 0) is 25.7 Å². The lowest BCUT2D eigenvalue weighted by Crippen LogP contribution is -2.69. The molecular formula is C12H16. The zero-order valence-corrected chi connectivity index (χ0v) is 8.31. The maximum absolute atomic E-state index is 2.48. The summed E-state index contributed by atoms with van der Waals surface area (Å²) in [6, 6.07) is 0. The second-order valence-corrected chi connectivity index (χ2v) is 5.30. The average Bonchev–Trinajstić information content (AvgIpc) is 1.99. The smallest absolute Gasteiger partial charge is 0.00218 e. The highest BCUT2D eigenvalue weighted by atomic mass is 14.8. The first-order valence-electron chi connectivity index (χ1n) is 4.89. The number of hydrogen-bond acceptors (Lipinski definition) is 0. The fourth-order valence-corrected chi connectivity index (χ4v) is 4.16. The van der Waals surface area contributed by atoms with Crippen molar-refractivity contribution < 1.29 is 0 Å². The number of allylic oxidation sites excluding steroid dienone is 4. The summed E-state index contributed by atoms with van der Waals surface area (Å²) in [4.78, 5) is 0. The zero-order valence-electron chi connectivity index (χ0n) is 8.31. The van der Waals surface area contributed by atoms with E-state index >= 15 is 0 Å². The predicted octanol–water partition coefficient (Wildman–Crippen LogP) is 3.16. The van der Waals surface area contributed by atoms with Crippen molar-refractivity contribution >= 4 is 0 Å². The van der Waals surface area contributed by atoms with E-state index in [1.54, 1.807) is 11.1 Å². The Morgan fingerprint density at radius 2 is 1.25 bits per heavy atom. The van der Waals surface area contributed by atoms with Crippen molar-refractivity contribution in [1.29, 1.82) is 0 Å². The minimum absolute atomic E-state index is 0.529. The quantitative estimate of drug-likeness (QED) is 0.477. The first-order chi connectivity index (χ1) is 5.51. The molecule has 0 nitrogen and oxygen atoms in total. The van der Waals surface area contributed by atoms with Crippen LogP contribution in [-0.4, -0.2) is 0 Å². The summed E-state index contributed by atoms with van der Waals surface area (Å²) in [6.45, 7) is 9.42. The van der Waals surface area contributed by atoms with E-state index in [1.807, 2.05) is 0 Å². The standard InChI is InChI=1S/C12H16/c1-7-5-11(3)9(7)10-8(2)6-12(10,11)4/h5-6,9-10H,1-4H3. The SMILES string of the molecule is CC1=CC2(C)C1C1C(C)=CC12C. The Labute approximate surface area is 74.4 Å². The lowest BCUT2D eigenvalue weighted by Gasteiger charge is -2.76. The van der Waals surface area contributed by atoms with Crippen molar-refractivity contribution in [2.24, 2.45) is 22.7 Å². The van der Waals surface area contributed by atoms with Gasteiger partial charge in [-0.15, -0.1) is 0 Å². The molecule has 0 spiro atoms. The van der Waals surface area contributed by atoms with E-state index in [-0.39, 0.29) is 0 Å². The van der Waals surface area contributed by atoms with Gasteiger partial charge in [-0.3, -0.25) is 0 Å². The summed E-state index contributed by atoms with van der Waals surface area (Å²) in [5.74, 6) is 1.79. The molecule has 1 fully saturated rings. The predicted molar refractivity (Wildman–Crippen MR) is 50.7 cm³/mol. The molecule has 0 radical (unpaired) electrons. The molecule has 0 aliphatic heterocycles. The van der Waals surface area contributed by atoms with Gasteiger partial charge in [-0.2, -0.15) is 0 Å². The number of hydrogen-bond donors (Lipinski definition) is 0. The highest BCUT2D eigenvalue weighted by molar-refractivity contribution is 5.51. The second kappa shape index (κ2) is 1.45. The van der Waals surface area contributed by atoms with Gasteiger partial charge < -0.3 is 0 Å². The van der Waals surface area contributed by atoms with E-state index in [4.69, 9.17) is 0 Å². The first kappa shape index (κ1) is 6.94. The van der Waals surface area contributed by atoms with Gasteiger partial charge in [0.1, 0.15) is 0 Å². The maximum atomic E-state index is 2.48. The van der Waals surface area contributed by atoms with E-state index in [0.29, 0.717) is 10.8 Å². The average molecular weight is 160 g/mol. The van der Waals surface area contributed by atoms with Crippen molar-refractivity contribution in [2.75, 3.05) is 0 Å². The Morgan fingerprint density at radius 1 is 0.917 bits per heavy atom. The minimum Gasteiger partial charge on any atom is -0.0778 e. The molecule has 0 bridgehead atoms. The van der Waals surface area contributed by atoms with Gasteiger partial charge >= 0.3 is 0 Å². The molecule has 0 aromatic heterocycles. The summed E-state index contributed by atoms with van der Waals surface area (Å²) in [5, 5.41) is 0. The molecule has 1 saturated carbocycles. The Morgan fingerprint density at radius 3 is 1.50 bits per heavy atom. The highest BCUT2D eigenvalue weighted by Gasteiger charge is 2.72. The molecule has 3 aliphatic carbocycles. The molecule has 12 heavy (non-hydrogen) atoms. The second-order valence-electron chi connectivity index (χ2n) is 5.30. The van der Waals surface area contributed by atoms with Gasteiger partial charge in [0.05, 0.1) is 0 Å². The van der Waals surface area contributed by atoms with Crippen molar-refractivity contribution in [3.8, 4) is 0 Å². The summed E-state index contributed by atoms with van der Waals surface area (Å²) in [5.41, 5.74) is 4.32. The van der Waals surface area contributed by atoms with E-state index in [9.17, 15) is 0 Å². The third kappa shape index (κ3) is 0.378. The molecule has 64 valence electrons. The third-order valence-electron chi connectivity index (χ3n) is 4.82. The molecule has 4 unspecified atom stereocenters. The topological polar surface area (TPSA) is 0 Å². The van der Waals surface area contributed by atoms with Crippen molar-refractivity contribution in [2.45, 2.75) is 27.7 Å². The van der Waals surface area contributed by atoms with Crippen LogP contribution in [0, 0.1) is 22.7 Å². The van der Waals surface area contributed by atoms with Crippen molar-refractivity contribution in [3.05, 3.63) is 23.3 Å². The van der Waals surface area contributed by atoms with E-state index < -0.39 is 0 Å². The van der Waals surface area contributed by atoms with Crippen LogP contribution < -0.4 is 0 Å². The third-order valence-corrected chi connectivity index (χ3v) is 4.82. The van der Waals surface area contributed by atoms with Gasteiger partial charge in [-0.25, -0.2) is 0 Å². The lowest BCUT2D eigenvalue weighted by atomic mass is 9.28. The van der Waals surface area contributed by atoms with E-state index in [0.717, 1.165) is 11.8 Å². The van der Waals surface area contributed by atoms with Crippen LogP contribution in [0.15, 0.2) is 23.3 Å². The molecule has 0 saturated heterocycles. The number of fused-ring (bicyclic) bond motifs is 4. The summed E-state index contributed by atoms with van der Waals surface area (Å²) in [7, 11) is 0. The van der Waals surface area contributed by atoms with Crippen LogP contribution in [0.25, 0.3) is 0 Å². The Hall–Kier alpha value is -0.520.